The normalized spacial score (nSPS) is 20.9. The smallest absolute Gasteiger partial charge is 0.469 e. The van der Waals surface area contributed by atoms with Crippen LogP contribution in [0.1, 0.15) is 136 Å². The molecule has 4 aliphatic rings. The van der Waals surface area contributed by atoms with Gasteiger partial charge in [0.15, 0.2) is 11.6 Å². The highest BCUT2D eigenvalue weighted by Crippen LogP contribution is 2.51. The van der Waals surface area contributed by atoms with Gasteiger partial charge < -0.3 is 57.9 Å². The molecule has 3 N–H and O–H groups in total. The van der Waals surface area contributed by atoms with Crippen LogP contribution in [0, 0.1) is 40.9 Å². The van der Waals surface area contributed by atoms with Gasteiger partial charge >= 0.3 is 19.8 Å². The van der Waals surface area contributed by atoms with Crippen LogP contribution in [0.3, 0.4) is 0 Å². The molecule has 26 heteroatoms. The van der Waals surface area contributed by atoms with E-state index in [0.29, 0.717) is 56.4 Å². The first-order valence-electron chi connectivity index (χ1n) is 28.8. The largest absolute Gasteiger partial charge is 0.471 e. The van der Waals surface area contributed by atoms with Crippen LogP contribution < -0.4 is 9.80 Å². The zero-order chi connectivity index (χ0) is 61.5. The molecule has 20 nitrogen and oxygen atoms in total. The van der Waals surface area contributed by atoms with E-state index in [1.165, 1.54) is 62.2 Å². The molecule has 0 saturated carbocycles. The first-order chi connectivity index (χ1) is 41.1. The minimum atomic E-state index is -5.20. The number of hydrogen-bond acceptors (Lipinski definition) is 14. The summed E-state index contributed by atoms with van der Waals surface area (Å²) in [6, 6.07) is 10.2. The van der Waals surface area contributed by atoms with Gasteiger partial charge in [-0.1, -0.05) is 12.1 Å². The summed E-state index contributed by atoms with van der Waals surface area (Å²) < 4.78 is 122. The van der Waals surface area contributed by atoms with E-state index in [9.17, 15) is 37.9 Å². The summed E-state index contributed by atoms with van der Waals surface area (Å²) in [5.41, 5.74) is 1.30. The number of piperidine rings is 1. The number of halogens is 5. The topological polar surface area (TPSA) is 231 Å². The third kappa shape index (κ3) is 12.6. The minimum Gasteiger partial charge on any atom is -0.469 e. The molecule has 4 aromatic carbocycles. The van der Waals surface area contributed by atoms with E-state index in [1.807, 2.05) is 0 Å². The maximum Gasteiger partial charge on any atom is 0.471 e. The number of fused-ring (bicyclic) bond motifs is 2. The minimum absolute atomic E-state index is 0.0123. The first kappa shape index (κ1) is 62.0. The second-order valence-corrected chi connectivity index (χ2v) is 23.9. The Balaban J connectivity index is 1.04. The number of carbonyl (C=O) groups excluding carboxylic acids is 4. The molecule has 0 unspecified atom stereocenters. The van der Waals surface area contributed by atoms with Crippen LogP contribution in [0.4, 0.5) is 33.3 Å². The highest BCUT2D eigenvalue weighted by atomic mass is 31.2. The Morgan fingerprint density at radius 2 is 1.19 bits per heavy atom. The summed E-state index contributed by atoms with van der Waals surface area (Å²) >= 11 is 0. The number of rotatable bonds is 20. The van der Waals surface area contributed by atoms with Gasteiger partial charge in [0.1, 0.15) is 41.5 Å². The molecule has 4 aliphatic heterocycles. The number of amides is 2. The van der Waals surface area contributed by atoms with E-state index >= 15 is 17.6 Å². The molecule has 0 spiro atoms. The van der Waals surface area contributed by atoms with Crippen molar-refractivity contribution in [2.45, 2.75) is 127 Å². The summed E-state index contributed by atoms with van der Waals surface area (Å²) in [4.78, 5) is 92.7. The molecular weight excluding hydrogens is 1150 g/mol. The zero-order valence-corrected chi connectivity index (χ0v) is 49.4. The van der Waals surface area contributed by atoms with E-state index in [2.05, 4.69) is 4.98 Å². The number of aromatic amines is 1. The molecule has 462 valence electrons. The van der Waals surface area contributed by atoms with Gasteiger partial charge in [0.2, 0.25) is 11.8 Å². The van der Waals surface area contributed by atoms with E-state index in [0.717, 1.165) is 23.8 Å². The zero-order valence-electron chi connectivity index (χ0n) is 48.5. The second-order valence-electron chi connectivity index (χ2n) is 22.6. The fourth-order valence-corrected chi connectivity index (χ4v) is 13.5. The van der Waals surface area contributed by atoms with Crippen LogP contribution in [0.25, 0.3) is 22.1 Å². The lowest BCUT2D eigenvalue weighted by atomic mass is 9.89. The maximum atomic E-state index is 17.4. The monoisotopic (exact) mass is 1220 g/mol. The van der Waals surface area contributed by atoms with Crippen LogP contribution in [-0.2, 0) is 53.9 Å². The quantitative estimate of drug-likeness (QED) is 0.0367. The predicted molar refractivity (Wildman–Crippen MR) is 304 cm³/mol. The van der Waals surface area contributed by atoms with Crippen molar-refractivity contribution in [2.24, 2.45) is 11.8 Å². The van der Waals surface area contributed by atoms with Crippen LogP contribution in [-0.4, -0.2) is 130 Å². The van der Waals surface area contributed by atoms with Gasteiger partial charge in [-0.15, -0.1) is 0 Å². The van der Waals surface area contributed by atoms with Crippen molar-refractivity contribution in [3.05, 3.63) is 118 Å². The Morgan fingerprint density at radius 3 is 1.73 bits per heavy atom. The van der Waals surface area contributed by atoms with Crippen molar-refractivity contribution in [3.8, 4) is 0 Å². The number of anilines is 2. The number of nitrogens with one attached hydrogen (secondary N) is 1. The molecule has 6 aromatic rings. The number of ether oxygens (including phenoxy) is 4. The van der Waals surface area contributed by atoms with Crippen LogP contribution >= 0.6 is 7.82 Å². The summed E-state index contributed by atoms with van der Waals surface area (Å²) in [6.45, 7) is 3.59. The number of nitrogens with zero attached hydrogens (tertiary/aromatic N) is 7. The molecule has 86 heavy (non-hydrogen) atoms. The number of esters is 2. The highest BCUT2D eigenvalue weighted by Gasteiger charge is 2.44. The average Bonchev–Trinajstić information content (AvgIpc) is 1.65. The fraction of sp³-hybridized carbons (Fsp3) is 0.500. The number of methoxy groups -OCH3 is 4. The van der Waals surface area contributed by atoms with Crippen molar-refractivity contribution in [1.82, 2.24) is 29.3 Å². The number of hydrogen-bond donors (Lipinski definition) is 3. The lowest BCUT2D eigenvalue weighted by molar-refractivity contribution is -0.151. The van der Waals surface area contributed by atoms with Gasteiger partial charge in [-0.2, -0.15) is 0 Å². The third-order valence-electron chi connectivity index (χ3n) is 17.9. The van der Waals surface area contributed by atoms with Crippen molar-refractivity contribution in [2.75, 3.05) is 64.4 Å². The maximum absolute atomic E-state index is 17.4. The number of phosphoric ester groups is 1. The van der Waals surface area contributed by atoms with E-state index in [-0.39, 0.29) is 108 Å². The van der Waals surface area contributed by atoms with Gasteiger partial charge in [-0.05, 0) is 113 Å². The number of likely N-dealkylation sites (tertiary alicyclic amines) is 2. The number of benzene rings is 4. The van der Waals surface area contributed by atoms with E-state index in [4.69, 9.17) is 33.4 Å². The Labute approximate surface area is 493 Å². The van der Waals surface area contributed by atoms with Gasteiger partial charge in [-0.3, -0.25) is 23.7 Å². The van der Waals surface area contributed by atoms with Crippen molar-refractivity contribution >= 4 is 65.0 Å². The predicted octanol–water partition coefficient (Wildman–Crippen LogP) is 9.90. The Bertz CT molecular complexity index is 3540. The molecule has 0 bridgehead atoms. The second kappa shape index (κ2) is 25.7. The van der Waals surface area contributed by atoms with Gasteiger partial charge in [0, 0.05) is 69.3 Å². The SMILES string of the molecule is COC(=O)C[C@H](C(=O)N1CCC[C@H]1c1nc2cc(F)c([C@H]3CC[C@H](c4cc5c(cc4F)nc([C@@H]4CCCN4C(=O)[C@@H](CC(=O)OC)[C@@H](C)OC)n5COP(=O)(O)O)N3c3cc(F)c(N4CCC(c5ccc(F)cc5)CC4)c(F)c3)cc2[nH]1)[C@@H](C)OC. The molecule has 0 aliphatic carbocycles. The lowest BCUT2D eigenvalue weighted by Gasteiger charge is -2.36. The summed E-state index contributed by atoms with van der Waals surface area (Å²) in [6.07, 6.45) is 1.18. The Kier molecular flexibility index (Phi) is 18.6. The van der Waals surface area contributed by atoms with Gasteiger partial charge in [0.05, 0.1) is 97.3 Å². The molecule has 6 heterocycles. The van der Waals surface area contributed by atoms with E-state index in [1.54, 1.807) is 46.7 Å². The standard InChI is InChI=1S/C60H70F5N8O12P/c1-32(81-3)38(27-54(74)83-5)59(76)70-19-7-9-51(70)57-66-46-25-40(42(62)29-47(46)67-57)49-15-16-50(73(49)37-23-44(64)56(45(65)24-37)69-21-17-35(18-22-69)34-11-13-36(61)14-12-34)41-26-53-48(30-43(41)63)68-58(72(53)31-85-86(78,79)80)52-10-8-20-71(52)60(77)39(33(2)82-4)28-55(75)84-6/h11-14,23-26,29-30,32-33,35,38-39,49-52H,7-10,15-22,27-28,31H2,1-6H3,(H,66,67)(H2,78,79,80)/t32-,33-,38+,39+,49-,50-,51+,52+/m1/s1. The molecule has 4 saturated heterocycles. The van der Waals surface area contributed by atoms with Crippen LogP contribution in [0.5, 0.6) is 0 Å². The van der Waals surface area contributed by atoms with Crippen molar-refractivity contribution in [1.29, 1.82) is 0 Å². The molecule has 0 radical (unpaired) electrons. The molecule has 4 fully saturated rings. The van der Waals surface area contributed by atoms with Crippen LogP contribution in [0.2, 0.25) is 0 Å². The van der Waals surface area contributed by atoms with Gasteiger partial charge in [0.25, 0.3) is 0 Å². The average molecular weight is 1220 g/mol. The molecule has 2 aromatic heterocycles. The van der Waals surface area contributed by atoms with E-state index < -0.39 is 104 Å². The number of H-pyrrole nitrogens is 1. The molecule has 2 amide bonds. The summed E-state index contributed by atoms with van der Waals surface area (Å²) in [5, 5.41) is 0. The third-order valence-corrected chi connectivity index (χ3v) is 18.3. The van der Waals surface area contributed by atoms with Crippen LogP contribution in [0.15, 0.2) is 60.7 Å². The number of phosphoric acid groups is 1. The lowest BCUT2D eigenvalue weighted by Crippen LogP contribution is -2.42. The first-order valence-corrected chi connectivity index (χ1v) is 30.3. The molecular formula is C60H70F5N8O12P. The fourth-order valence-electron chi connectivity index (χ4n) is 13.2. The Hall–Kier alpha value is -7.02. The Morgan fingerprint density at radius 1 is 0.651 bits per heavy atom. The summed E-state index contributed by atoms with van der Waals surface area (Å²) in [7, 11) is 0.0676. The number of carbonyl (C=O) groups is 4. The number of aromatic nitrogens is 4. The van der Waals surface area contributed by atoms with Crippen molar-refractivity contribution in [3.63, 3.8) is 0 Å². The molecule has 8 atom stereocenters. The van der Waals surface area contributed by atoms with Gasteiger partial charge in [-0.25, -0.2) is 36.5 Å². The number of imidazole rings is 2. The van der Waals surface area contributed by atoms with Crippen molar-refractivity contribution < 1.29 is 79.0 Å². The highest BCUT2D eigenvalue weighted by molar-refractivity contribution is 7.46. The molecule has 10 rings (SSSR count). The summed E-state index contributed by atoms with van der Waals surface area (Å²) in [5.74, 6) is -7.27.